The molecule has 1 heterocycles. The molecule has 1 aliphatic heterocycles. The van der Waals surface area contributed by atoms with Gasteiger partial charge in [-0.15, -0.1) is 0 Å². The van der Waals surface area contributed by atoms with Gasteiger partial charge in [-0.3, -0.25) is 4.79 Å². The summed E-state index contributed by atoms with van der Waals surface area (Å²) in [4.78, 5) is 12.4. The number of hydrogen-bond donors (Lipinski definition) is 5. The lowest BCUT2D eigenvalue weighted by molar-refractivity contribution is -0.128. The first-order valence-corrected chi connectivity index (χ1v) is 10.2. The van der Waals surface area contributed by atoms with Crippen molar-refractivity contribution in [2.24, 2.45) is 23.1 Å². The molecule has 0 aromatic rings. The summed E-state index contributed by atoms with van der Waals surface area (Å²) in [5.41, 5.74) is 16.6. The van der Waals surface area contributed by atoms with Crippen LogP contribution in [0.15, 0.2) is 0 Å². The highest BCUT2D eigenvalue weighted by atomic mass is 32.2. The van der Waals surface area contributed by atoms with Crippen molar-refractivity contribution in [3.05, 3.63) is 0 Å². The minimum Gasteiger partial charge on any atom is -0.427 e. The van der Waals surface area contributed by atoms with Gasteiger partial charge >= 0.3 is 17.3 Å². The van der Waals surface area contributed by atoms with Crippen molar-refractivity contribution in [1.29, 1.82) is 0 Å². The molecule has 10 nitrogen and oxygen atoms in total. The Balaban J connectivity index is 2.99. The van der Waals surface area contributed by atoms with Crippen molar-refractivity contribution in [3.63, 3.8) is 0 Å². The Labute approximate surface area is 156 Å². The van der Waals surface area contributed by atoms with E-state index in [9.17, 15) is 13.2 Å². The minimum atomic E-state index is -4.10. The van der Waals surface area contributed by atoms with Crippen LogP contribution in [-0.2, 0) is 15.0 Å². The Hall–Kier alpha value is -0.755. The first kappa shape index (κ1) is 23.3. The van der Waals surface area contributed by atoms with Gasteiger partial charge in [0.25, 0.3) is 5.91 Å². The van der Waals surface area contributed by atoms with Crippen LogP contribution in [-0.4, -0.2) is 77.4 Å². The van der Waals surface area contributed by atoms with Gasteiger partial charge in [0.2, 0.25) is 0 Å². The standard InChI is InChI=1S/C14H32BN5O5S/c1-10(2)20(13(21)12(17)7-16)26(24,25)19-8-11(14(3,18)9-19)5-4-6-15(22)23/h10-12,22-23H,4-9,16-18H2,1-3H3/t11-,12?,14-/m0/s1. The van der Waals surface area contributed by atoms with Crippen molar-refractivity contribution < 1.29 is 23.3 Å². The lowest BCUT2D eigenvalue weighted by Crippen LogP contribution is -2.56. The number of carbonyl (C=O) groups excluding carboxylic acids is 1. The third-order valence-electron chi connectivity index (χ3n) is 4.72. The second kappa shape index (κ2) is 8.96. The van der Waals surface area contributed by atoms with Crippen LogP contribution in [0.3, 0.4) is 0 Å². The van der Waals surface area contributed by atoms with Crippen LogP contribution in [0.4, 0.5) is 0 Å². The van der Waals surface area contributed by atoms with Gasteiger partial charge in [0, 0.05) is 31.2 Å². The molecular weight excluding hydrogens is 361 g/mol. The summed E-state index contributed by atoms with van der Waals surface area (Å²) in [5.74, 6) is -0.906. The topological polar surface area (TPSA) is 176 Å². The molecule has 1 unspecified atom stereocenters. The molecule has 0 aromatic carbocycles. The molecule has 0 bridgehead atoms. The molecule has 1 amide bonds. The highest BCUT2D eigenvalue weighted by Crippen LogP contribution is 2.32. The number of carbonyl (C=O) groups is 1. The van der Waals surface area contributed by atoms with E-state index in [1.165, 1.54) is 4.31 Å². The molecule has 26 heavy (non-hydrogen) atoms. The minimum absolute atomic E-state index is 0.0655. The number of nitrogens with zero attached hydrogens (tertiary/aromatic N) is 2. The predicted molar refractivity (Wildman–Crippen MR) is 99.8 cm³/mol. The van der Waals surface area contributed by atoms with Crippen LogP contribution in [0.1, 0.15) is 33.6 Å². The molecule has 1 saturated heterocycles. The fourth-order valence-electron chi connectivity index (χ4n) is 3.19. The summed E-state index contributed by atoms with van der Waals surface area (Å²) < 4.78 is 28.1. The molecule has 0 radical (unpaired) electrons. The second-order valence-electron chi connectivity index (χ2n) is 7.48. The summed E-state index contributed by atoms with van der Waals surface area (Å²) in [6.07, 6.45) is 1.25. The van der Waals surface area contributed by atoms with Gasteiger partial charge in [-0.2, -0.15) is 12.7 Å². The fraction of sp³-hybridized carbons (Fsp3) is 0.929. The predicted octanol–water partition coefficient (Wildman–Crippen LogP) is -2.34. The molecule has 152 valence electrons. The highest BCUT2D eigenvalue weighted by Gasteiger charge is 2.47. The van der Waals surface area contributed by atoms with E-state index < -0.39 is 40.9 Å². The van der Waals surface area contributed by atoms with Crippen molar-refractivity contribution >= 4 is 23.2 Å². The number of nitrogens with two attached hydrogens (primary N) is 3. The smallest absolute Gasteiger partial charge is 0.427 e. The van der Waals surface area contributed by atoms with Gasteiger partial charge in [0.05, 0.1) is 6.04 Å². The SMILES string of the molecule is CC(C)N(C(=O)C(N)CN)S(=O)(=O)N1C[C@H](CCCB(O)O)[C@@](C)(N)C1. The van der Waals surface area contributed by atoms with E-state index in [0.29, 0.717) is 12.8 Å². The zero-order valence-corrected chi connectivity index (χ0v) is 16.5. The van der Waals surface area contributed by atoms with Gasteiger partial charge in [0.15, 0.2) is 0 Å². The summed E-state index contributed by atoms with van der Waals surface area (Å²) >= 11 is 0. The number of amides is 1. The quantitative estimate of drug-likeness (QED) is 0.271. The number of rotatable bonds is 9. The van der Waals surface area contributed by atoms with Crippen molar-refractivity contribution in [2.45, 2.75) is 57.6 Å². The maximum Gasteiger partial charge on any atom is 0.451 e. The van der Waals surface area contributed by atoms with Crippen LogP contribution in [0.5, 0.6) is 0 Å². The Morgan fingerprint density at radius 3 is 2.46 bits per heavy atom. The van der Waals surface area contributed by atoms with Crippen LogP contribution >= 0.6 is 0 Å². The van der Waals surface area contributed by atoms with Crippen molar-refractivity contribution in [2.75, 3.05) is 19.6 Å². The molecule has 0 aliphatic carbocycles. The van der Waals surface area contributed by atoms with Crippen molar-refractivity contribution in [1.82, 2.24) is 8.61 Å². The van der Waals surface area contributed by atoms with E-state index in [0.717, 1.165) is 4.31 Å². The lowest BCUT2D eigenvalue weighted by Gasteiger charge is -2.32. The molecule has 1 aliphatic rings. The average molecular weight is 393 g/mol. The highest BCUT2D eigenvalue weighted by molar-refractivity contribution is 7.87. The summed E-state index contributed by atoms with van der Waals surface area (Å²) in [6, 6.07) is -1.71. The normalized spacial score (nSPS) is 25.5. The van der Waals surface area contributed by atoms with E-state index >= 15 is 0 Å². The van der Waals surface area contributed by atoms with E-state index in [1.807, 2.05) is 0 Å². The molecule has 1 fully saturated rings. The Bertz CT molecular complexity index is 586. The summed E-state index contributed by atoms with van der Waals surface area (Å²) in [6.45, 7) is 5.02. The second-order valence-corrected chi connectivity index (χ2v) is 9.29. The fourth-order valence-corrected chi connectivity index (χ4v) is 5.15. The largest absolute Gasteiger partial charge is 0.451 e. The monoisotopic (exact) mass is 393 g/mol. The lowest BCUT2D eigenvalue weighted by atomic mass is 9.79. The zero-order valence-electron chi connectivity index (χ0n) is 15.7. The zero-order chi connectivity index (χ0) is 20.3. The van der Waals surface area contributed by atoms with E-state index in [1.54, 1.807) is 20.8 Å². The summed E-state index contributed by atoms with van der Waals surface area (Å²) in [7, 11) is -5.49. The molecule has 0 saturated carbocycles. The Morgan fingerprint density at radius 1 is 1.42 bits per heavy atom. The van der Waals surface area contributed by atoms with Crippen LogP contribution in [0.2, 0.25) is 6.32 Å². The van der Waals surface area contributed by atoms with Gasteiger partial charge in [-0.1, -0.05) is 6.42 Å². The first-order chi connectivity index (χ1) is 11.8. The molecule has 1 rings (SSSR count). The Morgan fingerprint density at radius 2 is 2.00 bits per heavy atom. The molecule has 0 aromatic heterocycles. The average Bonchev–Trinajstić information content (AvgIpc) is 2.81. The van der Waals surface area contributed by atoms with Crippen LogP contribution < -0.4 is 17.2 Å². The van der Waals surface area contributed by atoms with Crippen LogP contribution in [0.25, 0.3) is 0 Å². The third kappa shape index (κ3) is 5.38. The van der Waals surface area contributed by atoms with E-state index in [-0.39, 0.29) is 31.9 Å². The van der Waals surface area contributed by atoms with Crippen molar-refractivity contribution in [3.8, 4) is 0 Å². The van der Waals surface area contributed by atoms with E-state index in [4.69, 9.17) is 27.2 Å². The van der Waals surface area contributed by atoms with Crippen LogP contribution in [0, 0.1) is 5.92 Å². The van der Waals surface area contributed by atoms with E-state index in [2.05, 4.69) is 0 Å². The summed E-state index contributed by atoms with van der Waals surface area (Å²) in [5, 5.41) is 17.9. The molecule has 8 N–H and O–H groups in total. The third-order valence-corrected chi connectivity index (χ3v) is 6.75. The van der Waals surface area contributed by atoms with Gasteiger partial charge in [0.1, 0.15) is 0 Å². The maximum absolute atomic E-state index is 13.1. The first-order valence-electron chi connectivity index (χ1n) is 8.78. The van der Waals surface area contributed by atoms with Gasteiger partial charge in [-0.05, 0) is 39.4 Å². The number of hydrogen-bond acceptors (Lipinski definition) is 8. The molecule has 0 spiro atoms. The Kier molecular flexibility index (Phi) is 8.02. The maximum atomic E-state index is 13.1. The molecular formula is C14H32BN5O5S. The van der Waals surface area contributed by atoms with Gasteiger partial charge < -0.3 is 27.2 Å². The molecule has 3 atom stereocenters. The van der Waals surface area contributed by atoms with Gasteiger partial charge in [-0.25, -0.2) is 4.31 Å². The molecule has 12 heteroatoms.